The molecule has 5 nitrogen and oxygen atoms in total. The first-order chi connectivity index (χ1) is 9.72. The largest absolute Gasteiger partial charge is 0.338 e. The van der Waals surface area contributed by atoms with E-state index in [1.165, 1.54) is 32.1 Å². The molecule has 1 aliphatic carbocycles. The van der Waals surface area contributed by atoms with Gasteiger partial charge in [0.25, 0.3) is 0 Å². The minimum absolute atomic E-state index is 0.273. The molecule has 20 heavy (non-hydrogen) atoms. The second-order valence-corrected chi connectivity index (χ2v) is 6.55. The number of rotatable bonds is 4. The lowest BCUT2D eigenvalue weighted by Crippen LogP contribution is -2.44. The Bertz CT molecular complexity index is 431. The summed E-state index contributed by atoms with van der Waals surface area (Å²) in [6, 6.07) is 0.939. The van der Waals surface area contributed by atoms with Crippen molar-refractivity contribution in [1.82, 2.24) is 20.4 Å². The molecule has 0 amide bonds. The predicted molar refractivity (Wildman–Crippen MR) is 77.4 cm³/mol. The van der Waals surface area contributed by atoms with Crippen molar-refractivity contribution in [3.05, 3.63) is 11.7 Å². The molecule has 0 bridgehead atoms. The highest BCUT2D eigenvalue weighted by atomic mass is 16.5. The summed E-state index contributed by atoms with van der Waals surface area (Å²) < 4.78 is 5.47. The minimum atomic E-state index is 0.273. The van der Waals surface area contributed by atoms with Gasteiger partial charge in [-0.3, -0.25) is 0 Å². The Hall–Kier alpha value is -0.940. The normalized spacial score (nSPS) is 30.4. The van der Waals surface area contributed by atoms with Gasteiger partial charge in [-0.05, 0) is 45.7 Å². The molecule has 3 atom stereocenters. The predicted octanol–water partition coefficient (Wildman–Crippen LogP) is 2.16. The summed E-state index contributed by atoms with van der Waals surface area (Å²) in [5, 5.41) is 7.86. The van der Waals surface area contributed by atoms with Crippen LogP contribution in [0.25, 0.3) is 0 Å². The molecular formula is C15H26N4O. The van der Waals surface area contributed by atoms with Crippen molar-refractivity contribution in [2.24, 2.45) is 5.92 Å². The lowest BCUT2D eigenvalue weighted by molar-refractivity contribution is 0.158. The van der Waals surface area contributed by atoms with Gasteiger partial charge in [-0.15, -0.1) is 0 Å². The van der Waals surface area contributed by atoms with Crippen LogP contribution in [0, 0.1) is 5.92 Å². The van der Waals surface area contributed by atoms with E-state index in [-0.39, 0.29) is 6.04 Å². The average Bonchev–Trinajstić information content (AvgIpc) is 2.93. The summed E-state index contributed by atoms with van der Waals surface area (Å²) in [4.78, 5) is 6.72. The average molecular weight is 278 g/mol. The lowest BCUT2D eigenvalue weighted by atomic mass is 9.78. The molecule has 1 aromatic rings. The minimum Gasteiger partial charge on any atom is -0.338 e. The maximum absolute atomic E-state index is 5.47. The van der Waals surface area contributed by atoms with Crippen LogP contribution in [-0.4, -0.2) is 41.7 Å². The maximum Gasteiger partial charge on any atom is 0.243 e. The fraction of sp³-hybridized carbons (Fsp3) is 0.867. The van der Waals surface area contributed by atoms with Crippen LogP contribution in [0.4, 0.5) is 0 Å². The van der Waals surface area contributed by atoms with Gasteiger partial charge in [-0.25, -0.2) is 0 Å². The second-order valence-electron chi connectivity index (χ2n) is 6.55. The molecule has 3 rings (SSSR count). The Morgan fingerprint density at radius 3 is 2.90 bits per heavy atom. The van der Waals surface area contributed by atoms with Crippen LogP contribution in [-0.2, 0) is 6.42 Å². The highest BCUT2D eigenvalue weighted by molar-refractivity contribution is 4.99. The smallest absolute Gasteiger partial charge is 0.243 e. The van der Waals surface area contributed by atoms with Crippen molar-refractivity contribution in [2.45, 2.75) is 57.0 Å². The summed E-state index contributed by atoms with van der Waals surface area (Å²) >= 11 is 0. The van der Waals surface area contributed by atoms with E-state index >= 15 is 0 Å². The third-order valence-corrected chi connectivity index (χ3v) is 4.71. The van der Waals surface area contributed by atoms with Gasteiger partial charge in [0.15, 0.2) is 5.82 Å². The van der Waals surface area contributed by atoms with E-state index in [2.05, 4.69) is 34.5 Å². The Labute approximate surface area is 121 Å². The van der Waals surface area contributed by atoms with Gasteiger partial charge in [0, 0.05) is 19.0 Å². The van der Waals surface area contributed by atoms with Crippen molar-refractivity contribution in [3.63, 3.8) is 0 Å². The topological polar surface area (TPSA) is 54.2 Å². The van der Waals surface area contributed by atoms with Crippen molar-refractivity contribution in [1.29, 1.82) is 0 Å². The second kappa shape index (κ2) is 6.22. The zero-order valence-electron chi connectivity index (χ0n) is 12.6. The van der Waals surface area contributed by atoms with E-state index in [1.807, 2.05) is 0 Å². The number of likely N-dealkylation sites (N-methyl/N-ethyl adjacent to an activating group) is 1. The fourth-order valence-electron chi connectivity index (χ4n) is 3.52. The molecular weight excluding hydrogens is 252 g/mol. The van der Waals surface area contributed by atoms with Crippen molar-refractivity contribution >= 4 is 0 Å². The van der Waals surface area contributed by atoms with Gasteiger partial charge in [0.2, 0.25) is 5.89 Å². The Morgan fingerprint density at radius 1 is 1.20 bits per heavy atom. The molecule has 5 heteroatoms. The zero-order chi connectivity index (χ0) is 13.9. The third kappa shape index (κ3) is 3.20. The number of piperidine rings is 1. The highest BCUT2D eigenvalue weighted by Crippen LogP contribution is 2.36. The first kappa shape index (κ1) is 14.0. The summed E-state index contributed by atoms with van der Waals surface area (Å²) in [5.41, 5.74) is 0. The van der Waals surface area contributed by atoms with Crippen LogP contribution in [0.5, 0.6) is 0 Å². The first-order valence-corrected chi connectivity index (χ1v) is 7.95. The monoisotopic (exact) mass is 278 g/mol. The standard InChI is InChI=1S/C15H26N4O/c1-19(2)10-9-14-17-15(20-18-14)13-8-7-11-5-3-4-6-12(11)16-13/h11-13,16H,3-10H2,1-2H3. The van der Waals surface area contributed by atoms with Gasteiger partial charge >= 0.3 is 0 Å². The maximum atomic E-state index is 5.47. The number of nitrogens with one attached hydrogen (secondary N) is 1. The SMILES string of the molecule is CN(C)CCc1noc(C2CCC3CCCCC3N2)n1. The number of aromatic nitrogens is 2. The van der Waals surface area contributed by atoms with E-state index in [0.717, 1.165) is 37.0 Å². The van der Waals surface area contributed by atoms with Crippen molar-refractivity contribution < 1.29 is 4.52 Å². The summed E-state index contributed by atoms with van der Waals surface area (Å²) in [6.45, 7) is 0.960. The molecule has 1 saturated heterocycles. The van der Waals surface area contributed by atoms with Crippen LogP contribution in [0.3, 0.4) is 0 Å². The summed E-state index contributed by atoms with van der Waals surface area (Å²) in [6.07, 6.45) is 8.76. The van der Waals surface area contributed by atoms with Crippen LogP contribution < -0.4 is 5.32 Å². The van der Waals surface area contributed by atoms with Gasteiger partial charge in [0.05, 0.1) is 6.04 Å². The molecule has 2 aliphatic rings. The molecule has 1 N–H and O–H groups in total. The van der Waals surface area contributed by atoms with E-state index < -0.39 is 0 Å². The number of fused-ring (bicyclic) bond motifs is 1. The van der Waals surface area contributed by atoms with Gasteiger partial charge < -0.3 is 14.7 Å². The van der Waals surface area contributed by atoms with E-state index in [4.69, 9.17) is 4.52 Å². The summed E-state index contributed by atoms with van der Waals surface area (Å²) in [7, 11) is 4.12. The Balaban J connectivity index is 1.59. The molecule has 1 saturated carbocycles. The van der Waals surface area contributed by atoms with Crippen LogP contribution in [0.2, 0.25) is 0 Å². The molecule has 2 heterocycles. The highest BCUT2D eigenvalue weighted by Gasteiger charge is 2.34. The molecule has 0 radical (unpaired) electrons. The van der Waals surface area contributed by atoms with E-state index in [0.29, 0.717) is 6.04 Å². The molecule has 0 aromatic carbocycles. The van der Waals surface area contributed by atoms with Gasteiger partial charge in [-0.2, -0.15) is 4.98 Å². The van der Waals surface area contributed by atoms with Crippen LogP contribution in [0.1, 0.15) is 56.3 Å². The van der Waals surface area contributed by atoms with E-state index in [9.17, 15) is 0 Å². The van der Waals surface area contributed by atoms with Crippen molar-refractivity contribution in [3.8, 4) is 0 Å². The molecule has 0 spiro atoms. The van der Waals surface area contributed by atoms with Crippen LogP contribution in [0.15, 0.2) is 4.52 Å². The van der Waals surface area contributed by atoms with Crippen LogP contribution >= 0.6 is 0 Å². The Kier molecular flexibility index (Phi) is 4.36. The molecule has 3 unspecified atom stereocenters. The summed E-state index contributed by atoms with van der Waals surface area (Å²) in [5.74, 6) is 2.50. The number of hydrogen-bond acceptors (Lipinski definition) is 5. The van der Waals surface area contributed by atoms with Gasteiger partial charge in [-0.1, -0.05) is 18.0 Å². The third-order valence-electron chi connectivity index (χ3n) is 4.71. The number of hydrogen-bond donors (Lipinski definition) is 1. The molecule has 1 aliphatic heterocycles. The molecule has 112 valence electrons. The van der Waals surface area contributed by atoms with Crippen molar-refractivity contribution in [2.75, 3.05) is 20.6 Å². The molecule has 2 fully saturated rings. The Morgan fingerprint density at radius 2 is 2.05 bits per heavy atom. The molecule has 1 aromatic heterocycles. The van der Waals surface area contributed by atoms with E-state index in [1.54, 1.807) is 0 Å². The quantitative estimate of drug-likeness (QED) is 0.914. The number of nitrogens with zero attached hydrogens (tertiary/aromatic N) is 3. The van der Waals surface area contributed by atoms with Gasteiger partial charge in [0.1, 0.15) is 0 Å². The first-order valence-electron chi connectivity index (χ1n) is 7.95. The fourth-order valence-corrected chi connectivity index (χ4v) is 3.52. The zero-order valence-corrected chi connectivity index (χ0v) is 12.6. The lowest BCUT2D eigenvalue weighted by Gasteiger charge is -2.39.